The number of halogens is 1. The van der Waals surface area contributed by atoms with Crippen molar-refractivity contribution in [1.29, 1.82) is 0 Å². The summed E-state index contributed by atoms with van der Waals surface area (Å²) in [6, 6.07) is 15.9. The first kappa shape index (κ1) is 16.0. The third-order valence-corrected chi connectivity index (χ3v) is 5.55. The maximum absolute atomic E-state index is 12.9. The summed E-state index contributed by atoms with van der Waals surface area (Å²) in [5.74, 6) is 0. The van der Waals surface area contributed by atoms with Crippen LogP contribution in [0.5, 0.6) is 0 Å². The van der Waals surface area contributed by atoms with Crippen molar-refractivity contribution in [3.05, 3.63) is 70.3 Å². The van der Waals surface area contributed by atoms with Crippen molar-refractivity contribution in [1.82, 2.24) is 0 Å². The van der Waals surface area contributed by atoms with E-state index in [1.54, 1.807) is 30.3 Å². The molecule has 21 heavy (non-hydrogen) atoms. The van der Waals surface area contributed by atoms with Crippen LogP contribution >= 0.6 is 22.6 Å². The molecule has 0 unspecified atom stereocenters. The van der Waals surface area contributed by atoms with E-state index in [0.29, 0.717) is 5.69 Å². The summed E-state index contributed by atoms with van der Waals surface area (Å²) in [7, 11) is -3.60. The van der Waals surface area contributed by atoms with E-state index in [9.17, 15) is 8.42 Å². The molecule has 110 valence electrons. The van der Waals surface area contributed by atoms with Crippen molar-refractivity contribution in [2.24, 2.45) is 0 Å². The highest BCUT2D eigenvalue weighted by molar-refractivity contribution is 14.1. The van der Waals surface area contributed by atoms with E-state index in [2.05, 4.69) is 29.2 Å². The third-order valence-electron chi connectivity index (χ3n) is 2.87. The number of hydrogen-bond donors (Lipinski definition) is 0. The molecule has 0 saturated heterocycles. The molecule has 0 aliphatic carbocycles. The second-order valence-corrected chi connectivity index (χ2v) is 7.76. The van der Waals surface area contributed by atoms with Gasteiger partial charge < -0.3 is 0 Å². The lowest BCUT2D eigenvalue weighted by Gasteiger charge is -2.25. The fourth-order valence-electron chi connectivity index (χ4n) is 1.92. The lowest BCUT2D eigenvalue weighted by molar-refractivity contribution is 0.592. The molecule has 0 spiro atoms. The van der Waals surface area contributed by atoms with Gasteiger partial charge in [-0.2, -0.15) is 0 Å². The average Bonchev–Trinajstić information content (AvgIpc) is 2.46. The molecule has 0 N–H and O–H groups in total. The Morgan fingerprint density at radius 3 is 2.24 bits per heavy atom. The van der Waals surface area contributed by atoms with Gasteiger partial charge in [-0.25, -0.2) is 8.42 Å². The number of nitrogens with zero attached hydrogens (tertiary/aromatic N) is 1. The van der Waals surface area contributed by atoms with Crippen molar-refractivity contribution in [2.45, 2.75) is 11.8 Å². The summed E-state index contributed by atoms with van der Waals surface area (Å²) in [6.07, 6.45) is 0. The van der Waals surface area contributed by atoms with Gasteiger partial charge in [0.05, 0.1) is 17.1 Å². The predicted molar refractivity (Wildman–Crippen MR) is 94.9 cm³/mol. The fourth-order valence-corrected chi connectivity index (χ4v) is 4.32. The molecule has 0 heterocycles. The Hall–Kier alpha value is -1.34. The molecule has 0 bridgehead atoms. The zero-order valence-electron chi connectivity index (χ0n) is 11.7. The molecule has 2 aromatic carbocycles. The van der Waals surface area contributed by atoms with Gasteiger partial charge in [-0.1, -0.05) is 42.5 Å². The van der Waals surface area contributed by atoms with Crippen LogP contribution in [0.3, 0.4) is 0 Å². The van der Waals surface area contributed by atoms with E-state index in [4.69, 9.17) is 0 Å². The molecule has 0 radical (unpaired) electrons. The van der Waals surface area contributed by atoms with Gasteiger partial charge >= 0.3 is 0 Å². The molecule has 0 saturated carbocycles. The first-order chi connectivity index (χ1) is 9.93. The standard InChI is InChI=1S/C16H16INO2S/c1-13(2)12-18(16-11-7-6-10-15(16)17)21(19,20)14-8-4-3-5-9-14/h3-11H,1,12H2,2H3. The second-order valence-electron chi connectivity index (χ2n) is 4.73. The molecule has 5 heteroatoms. The van der Waals surface area contributed by atoms with E-state index in [1.807, 2.05) is 31.2 Å². The second kappa shape index (κ2) is 6.62. The quantitative estimate of drug-likeness (QED) is 0.548. The van der Waals surface area contributed by atoms with Crippen LogP contribution in [0.15, 0.2) is 71.6 Å². The van der Waals surface area contributed by atoms with Crippen LogP contribution < -0.4 is 4.31 Å². The monoisotopic (exact) mass is 413 g/mol. The highest BCUT2D eigenvalue weighted by atomic mass is 127. The summed E-state index contributed by atoms with van der Waals surface area (Å²) in [4.78, 5) is 0.283. The number of anilines is 1. The van der Waals surface area contributed by atoms with Crippen LogP contribution in [0.25, 0.3) is 0 Å². The smallest absolute Gasteiger partial charge is 0.261 e. The summed E-state index contributed by atoms with van der Waals surface area (Å²) in [6.45, 7) is 5.93. The molecule has 0 aliphatic rings. The molecule has 0 aliphatic heterocycles. The van der Waals surface area contributed by atoms with Gasteiger partial charge in [-0.3, -0.25) is 4.31 Å². The van der Waals surface area contributed by atoms with E-state index >= 15 is 0 Å². The Kier molecular flexibility index (Phi) is 5.05. The van der Waals surface area contributed by atoms with Crippen LogP contribution in [-0.2, 0) is 10.0 Å². The lowest BCUT2D eigenvalue weighted by atomic mass is 10.3. The van der Waals surface area contributed by atoms with Gasteiger partial charge in [-0.05, 0) is 53.8 Å². The van der Waals surface area contributed by atoms with Crippen LogP contribution in [0.1, 0.15) is 6.92 Å². The van der Waals surface area contributed by atoms with Crippen LogP contribution in [0, 0.1) is 3.57 Å². The Bertz CT molecular complexity index is 742. The SMILES string of the molecule is C=C(C)CN(c1ccccc1I)S(=O)(=O)c1ccccc1. The predicted octanol–water partition coefficient (Wildman–Crippen LogP) is 4.06. The average molecular weight is 413 g/mol. The van der Waals surface area contributed by atoms with Crippen LogP contribution in [-0.4, -0.2) is 15.0 Å². The topological polar surface area (TPSA) is 37.4 Å². The first-order valence-electron chi connectivity index (χ1n) is 6.39. The van der Waals surface area contributed by atoms with Gasteiger partial charge in [0.1, 0.15) is 0 Å². The Balaban J connectivity index is 2.56. The number of benzene rings is 2. The minimum atomic E-state index is -3.60. The number of rotatable bonds is 5. The van der Waals surface area contributed by atoms with Crippen LogP contribution in [0.2, 0.25) is 0 Å². The van der Waals surface area contributed by atoms with Crippen molar-refractivity contribution >= 4 is 38.3 Å². The normalized spacial score (nSPS) is 11.1. The molecule has 2 rings (SSSR count). The molecular formula is C16H16INO2S. The molecular weight excluding hydrogens is 397 g/mol. The minimum absolute atomic E-state index is 0.261. The lowest BCUT2D eigenvalue weighted by Crippen LogP contribution is -2.33. The van der Waals surface area contributed by atoms with Crippen molar-refractivity contribution < 1.29 is 8.42 Å². The molecule has 0 fully saturated rings. The highest BCUT2D eigenvalue weighted by Crippen LogP contribution is 2.28. The van der Waals surface area contributed by atoms with E-state index in [0.717, 1.165) is 9.14 Å². The minimum Gasteiger partial charge on any atom is -0.261 e. The zero-order chi connectivity index (χ0) is 15.5. The Labute approximate surface area is 139 Å². The molecule has 0 amide bonds. The van der Waals surface area contributed by atoms with Crippen molar-refractivity contribution in [3.63, 3.8) is 0 Å². The highest BCUT2D eigenvalue weighted by Gasteiger charge is 2.25. The fraction of sp³-hybridized carbons (Fsp3) is 0.125. The van der Waals surface area contributed by atoms with E-state index in [1.165, 1.54) is 4.31 Å². The maximum Gasteiger partial charge on any atom is 0.264 e. The molecule has 0 aromatic heterocycles. The largest absolute Gasteiger partial charge is 0.264 e. The zero-order valence-corrected chi connectivity index (χ0v) is 14.6. The molecule has 2 aromatic rings. The summed E-state index contributed by atoms with van der Waals surface area (Å²) in [5.41, 5.74) is 1.46. The number of hydrogen-bond acceptors (Lipinski definition) is 2. The van der Waals surface area contributed by atoms with Crippen molar-refractivity contribution in [3.8, 4) is 0 Å². The number of para-hydroxylation sites is 1. The summed E-state index contributed by atoms with van der Waals surface area (Å²) >= 11 is 2.15. The summed E-state index contributed by atoms with van der Waals surface area (Å²) < 4.78 is 28.1. The van der Waals surface area contributed by atoms with Gasteiger partial charge in [0.2, 0.25) is 0 Å². The van der Waals surface area contributed by atoms with Gasteiger partial charge in [0.15, 0.2) is 0 Å². The van der Waals surface area contributed by atoms with Crippen molar-refractivity contribution in [2.75, 3.05) is 10.8 Å². The first-order valence-corrected chi connectivity index (χ1v) is 8.91. The van der Waals surface area contributed by atoms with Crippen LogP contribution in [0.4, 0.5) is 5.69 Å². The van der Waals surface area contributed by atoms with E-state index < -0.39 is 10.0 Å². The van der Waals surface area contributed by atoms with E-state index in [-0.39, 0.29) is 11.4 Å². The van der Waals surface area contributed by atoms with Gasteiger partial charge in [-0.15, -0.1) is 0 Å². The molecule has 3 nitrogen and oxygen atoms in total. The van der Waals surface area contributed by atoms with Gasteiger partial charge in [0.25, 0.3) is 10.0 Å². The molecule has 0 atom stereocenters. The number of sulfonamides is 1. The Morgan fingerprint density at radius 2 is 1.67 bits per heavy atom. The summed E-state index contributed by atoms with van der Waals surface area (Å²) in [5, 5.41) is 0. The van der Waals surface area contributed by atoms with Gasteiger partial charge in [0, 0.05) is 3.57 Å². The Morgan fingerprint density at radius 1 is 1.10 bits per heavy atom. The maximum atomic E-state index is 12.9. The third kappa shape index (κ3) is 3.65.